The molecule has 0 aliphatic carbocycles. The van der Waals surface area contributed by atoms with E-state index in [-0.39, 0.29) is 0 Å². The Balaban J connectivity index is 1.43. The van der Waals surface area contributed by atoms with E-state index >= 15 is 0 Å². The van der Waals surface area contributed by atoms with Crippen LogP contribution in [0.15, 0.2) is 65.6 Å². The van der Waals surface area contributed by atoms with E-state index in [9.17, 15) is 0 Å². The van der Waals surface area contributed by atoms with Crippen LogP contribution in [-0.2, 0) is 6.54 Å². The summed E-state index contributed by atoms with van der Waals surface area (Å²) in [6.07, 6.45) is 7.45. The average Bonchev–Trinajstić information content (AvgIpc) is 3.09. The van der Waals surface area contributed by atoms with Crippen LogP contribution in [0, 0.1) is 5.92 Å². The molecule has 2 aliphatic rings. The van der Waals surface area contributed by atoms with Crippen LogP contribution in [0.3, 0.4) is 0 Å². The van der Waals surface area contributed by atoms with E-state index in [1.54, 1.807) is 0 Å². The normalized spacial score (nSPS) is 21.9. The summed E-state index contributed by atoms with van der Waals surface area (Å²) >= 11 is 2.00. The van der Waals surface area contributed by atoms with Gasteiger partial charge in [-0.25, -0.2) is 0 Å². The van der Waals surface area contributed by atoms with Gasteiger partial charge in [0.2, 0.25) is 0 Å². The number of benzene rings is 2. The van der Waals surface area contributed by atoms with Gasteiger partial charge in [-0.3, -0.25) is 4.90 Å². The fraction of sp³-hybridized carbons (Fsp3) is 0.391. The fourth-order valence-electron chi connectivity index (χ4n) is 4.18. The molecule has 2 heterocycles. The van der Waals surface area contributed by atoms with Crippen LogP contribution in [0.4, 0.5) is 0 Å². The van der Waals surface area contributed by atoms with Gasteiger partial charge in [0.25, 0.3) is 0 Å². The summed E-state index contributed by atoms with van der Waals surface area (Å²) in [6.45, 7) is 7.90. The lowest BCUT2D eigenvalue weighted by atomic mass is 9.92. The van der Waals surface area contributed by atoms with Crippen molar-refractivity contribution < 1.29 is 0 Å². The van der Waals surface area contributed by atoms with Gasteiger partial charge < -0.3 is 0 Å². The van der Waals surface area contributed by atoms with Crippen molar-refractivity contribution in [2.45, 2.75) is 32.2 Å². The Morgan fingerprint density at radius 2 is 1.96 bits per heavy atom. The summed E-state index contributed by atoms with van der Waals surface area (Å²) in [5.41, 5.74) is 2.87. The van der Waals surface area contributed by atoms with Crippen molar-refractivity contribution in [1.29, 1.82) is 0 Å². The average molecular weight is 350 g/mol. The zero-order valence-electron chi connectivity index (χ0n) is 14.9. The van der Waals surface area contributed by atoms with Gasteiger partial charge in [-0.05, 0) is 66.6 Å². The van der Waals surface area contributed by atoms with Gasteiger partial charge in [-0.15, -0.1) is 11.8 Å². The van der Waals surface area contributed by atoms with Crippen molar-refractivity contribution in [2.75, 3.05) is 18.8 Å². The topological polar surface area (TPSA) is 3.24 Å². The molecule has 0 saturated carbocycles. The summed E-state index contributed by atoms with van der Waals surface area (Å²) in [4.78, 5) is 4.12. The smallest absolute Gasteiger partial charge is 0.0239 e. The molecule has 0 N–H and O–H groups in total. The summed E-state index contributed by atoms with van der Waals surface area (Å²) in [5, 5.41) is 2.76. The minimum absolute atomic E-state index is 0.675. The van der Waals surface area contributed by atoms with Gasteiger partial charge in [0.1, 0.15) is 0 Å². The minimum atomic E-state index is 0.675. The number of fused-ring (bicyclic) bond motifs is 1. The second-order valence-electron chi connectivity index (χ2n) is 7.27. The van der Waals surface area contributed by atoms with Crippen molar-refractivity contribution in [1.82, 2.24) is 4.90 Å². The van der Waals surface area contributed by atoms with Gasteiger partial charge in [0.05, 0.1) is 0 Å². The predicted octanol–water partition coefficient (Wildman–Crippen LogP) is 6.02. The SMILES string of the molecule is C=C(C1=CCCS1)C1CCCN(Cc2cccc3ccccc23)CC1. The highest BCUT2D eigenvalue weighted by Gasteiger charge is 2.22. The lowest BCUT2D eigenvalue weighted by Crippen LogP contribution is -2.24. The molecule has 1 fully saturated rings. The summed E-state index contributed by atoms with van der Waals surface area (Å²) in [6, 6.07) is 15.5. The Labute approximate surface area is 155 Å². The van der Waals surface area contributed by atoms with E-state index in [1.165, 1.54) is 71.3 Å². The van der Waals surface area contributed by atoms with E-state index in [1.807, 2.05) is 11.8 Å². The van der Waals surface area contributed by atoms with E-state index in [0.717, 1.165) is 6.54 Å². The highest BCUT2D eigenvalue weighted by molar-refractivity contribution is 8.03. The first-order valence-corrected chi connectivity index (χ1v) is 10.5. The number of allylic oxidation sites excluding steroid dienone is 2. The van der Waals surface area contributed by atoms with Crippen molar-refractivity contribution in [3.05, 3.63) is 71.2 Å². The molecule has 1 atom stereocenters. The van der Waals surface area contributed by atoms with Gasteiger partial charge in [0, 0.05) is 17.2 Å². The molecule has 1 saturated heterocycles. The van der Waals surface area contributed by atoms with Gasteiger partial charge >= 0.3 is 0 Å². The number of rotatable bonds is 4. The molecule has 0 amide bonds. The van der Waals surface area contributed by atoms with Crippen LogP contribution in [0.25, 0.3) is 10.8 Å². The molecule has 2 aliphatic heterocycles. The first kappa shape index (κ1) is 16.9. The van der Waals surface area contributed by atoms with E-state index < -0.39 is 0 Å². The Morgan fingerprint density at radius 3 is 2.84 bits per heavy atom. The van der Waals surface area contributed by atoms with Crippen LogP contribution in [0.5, 0.6) is 0 Å². The number of hydrogen-bond donors (Lipinski definition) is 0. The highest BCUT2D eigenvalue weighted by atomic mass is 32.2. The molecule has 2 aromatic rings. The Kier molecular flexibility index (Phi) is 5.28. The number of thioether (sulfide) groups is 1. The lowest BCUT2D eigenvalue weighted by molar-refractivity contribution is 0.275. The maximum atomic E-state index is 4.44. The largest absolute Gasteiger partial charge is 0.299 e. The highest BCUT2D eigenvalue weighted by Crippen LogP contribution is 2.37. The zero-order chi connectivity index (χ0) is 17.1. The van der Waals surface area contributed by atoms with Crippen molar-refractivity contribution in [2.24, 2.45) is 5.92 Å². The molecule has 4 rings (SSSR count). The predicted molar refractivity (Wildman–Crippen MR) is 111 cm³/mol. The van der Waals surface area contributed by atoms with Crippen LogP contribution >= 0.6 is 11.8 Å². The molecule has 2 aromatic carbocycles. The fourth-order valence-corrected chi connectivity index (χ4v) is 5.22. The third-order valence-electron chi connectivity index (χ3n) is 5.61. The van der Waals surface area contributed by atoms with Gasteiger partial charge in [0.15, 0.2) is 0 Å². The molecule has 0 aromatic heterocycles. The molecule has 1 unspecified atom stereocenters. The molecule has 25 heavy (non-hydrogen) atoms. The number of hydrogen-bond acceptors (Lipinski definition) is 2. The zero-order valence-corrected chi connectivity index (χ0v) is 15.7. The third kappa shape index (κ3) is 3.86. The lowest BCUT2D eigenvalue weighted by Gasteiger charge is -2.22. The molecule has 0 bridgehead atoms. The second kappa shape index (κ2) is 7.80. The first-order valence-electron chi connectivity index (χ1n) is 9.52. The molecule has 0 radical (unpaired) electrons. The van der Waals surface area contributed by atoms with Crippen LogP contribution in [0.1, 0.15) is 31.2 Å². The second-order valence-corrected chi connectivity index (χ2v) is 8.41. The van der Waals surface area contributed by atoms with Crippen LogP contribution in [-0.4, -0.2) is 23.7 Å². The van der Waals surface area contributed by atoms with Crippen molar-refractivity contribution in [3.63, 3.8) is 0 Å². The van der Waals surface area contributed by atoms with Crippen LogP contribution in [0.2, 0.25) is 0 Å². The maximum Gasteiger partial charge on any atom is 0.0239 e. The Bertz CT molecular complexity index is 786. The molecule has 130 valence electrons. The quantitative estimate of drug-likeness (QED) is 0.664. The monoisotopic (exact) mass is 349 g/mol. The third-order valence-corrected chi connectivity index (χ3v) is 6.79. The molecule has 1 nitrogen and oxygen atoms in total. The van der Waals surface area contributed by atoms with E-state index in [2.05, 4.69) is 60.0 Å². The molecular weight excluding hydrogens is 322 g/mol. The minimum Gasteiger partial charge on any atom is -0.299 e. The summed E-state index contributed by atoms with van der Waals surface area (Å²) in [7, 11) is 0. The van der Waals surface area contributed by atoms with E-state index in [0.29, 0.717) is 5.92 Å². The standard InChI is InChI=1S/C23H27NS/c1-18(23-12-6-16-25-23)19-10-5-14-24(15-13-19)17-21-9-4-8-20-7-2-3-11-22(20)21/h2-4,7-9,11-12,19H,1,5-6,10,13-17H2. The van der Waals surface area contributed by atoms with Crippen LogP contribution < -0.4 is 0 Å². The molecule has 2 heteroatoms. The van der Waals surface area contributed by atoms with Crippen molar-refractivity contribution in [3.8, 4) is 0 Å². The number of likely N-dealkylation sites (tertiary alicyclic amines) is 1. The molecular formula is C23H27NS. The maximum absolute atomic E-state index is 4.44. The first-order chi connectivity index (χ1) is 12.3. The summed E-state index contributed by atoms with van der Waals surface area (Å²) < 4.78 is 0. The summed E-state index contributed by atoms with van der Waals surface area (Å²) in [5.74, 6) is 1.92. The Hall–Kier alpha value is -1.51. The van der Waals surface area contributed by atoms with E-state index in [4.69, 9.17) is 0 Å². The van der Waals surface area contributed by atoms with Gasteiger partial charge in [-0.2, -0.15) is 0 Å². The Morgan fingerprint density at radius 1 is 1.08 bits per heavy atom. The molecule has 0 spiro atoms. The van der Waals surface area contributed by atoms with Crippen molar-refractivity contribution >= 4 is 22.5 Å². The van der Waals surface area contributed by atoms with Gasteiger partial charge in [-0.1, -0.05) is 55.1 Å². The number of nitrogens with zero attached hydrogens (tertiary/aromatic N) is 1.